The molecule has 0 amide bonds. The van der Waals surface area contributed by atoms with E-state index in [2.05, 4.69) is 29.5 Å². The second-order valence-electron chi connectivity index (χ2n) is 4.73. The lowest BCUT2D eigenvalue weighted by atomic mass is 9.80. The van der Waals surface area contributed by atoms with Crippen LogP contribution in [-0.2, 0) is 0 Å². The van der Waals surface area contributed by atoms with Crippen molar-refractivity contribution in [2.75, 3.05) is 13.1 Å². The van der Waals surface area contributed by atoms with E-state index in [0.717, 1.165) is 38.2 Å². The third-order valence-electron chi connectivity index (χ3n) is 3.16. The molecule has 94 valence electrons. The summed E-state index contributed by atoms with van der Waals surface area (Å²) in [5.41, 5.74) is -0.530. The van der Waals surface area contributed by atoms with Crippen molar-refractivity contribution in [2.45, 2.75) is 58.1 Å². The first kappa shape index (κ1) is 13.3. The van der Waals surface area contributed by atoms with Crippen molar-refractivity contribution in [2.24, 2.45) is 4.99 Å². The van der Waals surface area contributed by atoms with Gasteiger partial charge in [-0.3, -0.25) is 4.99 Å². The molecule has 0 aromatic rings. The molecule has 0 spiro atoms. The molecule has 0 aromatic carbocycles. The number of nitrogens with zero attached hydrogens (tertiary/aromatic N) is 1. The lowest BCUT2D eigenvalue weighted by Crippen LogP contribution is -2.45. The van der Waals surface area contributed by atoms with E-state index in [0.29, 0.717) is 12.6 Å². The molecule has 0 aliphatic heterocycles. The Balaban J connectivity index is 2.44. The van der Waals surface area contributed by atoms with Crippen LogP contribution in [0.25, 0.3) is 0 Å². The molecular weight excluding hydrogens is 202 g/mol. The maximum absolute atomic E-state index is 9.96. The summed E-state index contributed by atoms with van der Waals surface area (Å²) in [7, 11) is 0. The Morgan fingerprint density at radius 1 is 1.44 bits per heavy atom. The molecule has 0 saturated heterocycles. The highest BCUT2D eigenvalue weighted by Gasteiger charge is 2.34. The topological polar surface area (TPSA) is 56.7 Å². The van der Waals surface area contributed by atoms with Gasteiger partial charge in [-0.05, 0) is 39.5 Å². The van der Waals surface area contributed by atoms with Crippen LogP contribution in [0.4, 0.5) is 0 Å². The number of hydrogen-bond donors (Lipinski definition) is 3. The standard InChI is InChI=1S/C12H25N3O/c1-4-10(3)15-11(13-5-2)14-9-12(16)7-6-8-12/h10,16H,4-9H2,1-3H3,(H2,13,14,15). The molecular formula is C12H25N3O. The Morgan fingerprint density at radius 3 is 2.56 bits per heavy atom. The Kier molecular flexibility index (Phi) is 5.06. The minimum atomic E-state index is -0.530. The molecule has 16 heavy (non-hydrogen) atoms. The summed E-state index contributed by atoms with van der Waals surface area (Å²) in [5.74, 6) is 0.817. The van der Waals surface area contributed by atoms with Crippen LogP contribution in [0.15, 0.2) is 4.99 Å². The van der Waals surface area contributed by atoms with Crippen LogP contribution in [0.3, 0.4) is 0 Å². The Morgan fingerprint density at radius 2 is 2.12 bits per heavy atom. The predicted octanol–water partition coefficient (Wildman–Crippen LogP) is 1.25. The second-order valence-corrected chi connectivity index (χ2v) is 4.73. The number of aliphatic imine (C=N–C) groups is 1. The zero-order chi connectivity index (χ0) is 12.0. The summed E-state index contributed by atoms with van der Waals surface area (Å²) < 4.78 is 0. The third-order valence-corrected chi connectivity index (χ3v) is 3.16. The third kappa shape index (κ3) is 4.00. The molecule has 1 aliphatic carbocycles. The lowest BCUT2D eigenvalue weighted by Gasteiger charge is -2.35. The molecule has 0 heterocycles. The number of guanidine groups is 1. The molecule has 1 aliphatic rings. The number of nitrogens with one attached hydrogen (secondary N) is 2. The van der Waals surface area contributed by atoms with Gasteiger partial charge in [0.15, 0.2) is 5.96 Å². The summed E-state index contributed by atoms with van der Waals surface area (Å²) >= 11 is 0. The van der Waals surface area contributed by atoms with Gasteiger partial charge in [-0.1, -0.05) is 6.92 Å². The molecule has 4 heteroatoms. The largest absolute Gasteiger partial charge is 0.388 e. The van der Waals surface area contributed by atoms with Crippen LogP contribution in [0, 0.1) is 0 Å². The van der Waals surface area contributed by atoms with Crippen LogP contribution in [0.5, 0.6) is 0 Å². The van der Waals surface area contributed by atoms with E-state index in [1.165, 1.54) is 0 Å². The van der Waals surface area contributed by atoms with E-state index in [9.17, 15) is 5.11 Å². The molecule has 1 saturated carbocycles. The van der Waals surface area contributed by atoms with E-state index in [1.807, 2.05) is 6.92 Å². The fourth-order valence-electron chi connectivity index (χ4n) is 1.62. The zero-order valence-electron chi connectivity index (χ0n) is 10.7. The summed E-state index contributed by atoms with van der Waals surface area (Å²) in [6.07, 6.45) is 3.97. The SMILES string of the molecule is CCNC(=NCC1(O)CCC1)NC(C)CC. The second kappa shape index (κ2) is 6.09. The quantitative estimate of drug-likeness (QED) is 0.489. The van der Waals surface area contributed by atoms with E-state index < -0.39 is 5.60 Å². The average Bonchev–Trinajstić information content (AvgIpc) is 2.23. The summed E-state index contributed by atoms with van der Waals surface area (Å²) in [4.78, 5) is 4.44. The minimum absolute atomic E-state index is 0.411. The molecule has 1 fully saturated rings. The molecule has 4 nitrogen and oxygen atoms in total. The summed E-state index contributed by atoms with van der Waals surface area (Å²) in [6, 6.07) is 0.411. The van der Waals surface area contributed by atoms with Gasteiger partial charge in [0.2, 0.25) is 0 Å². The van der Waals surface area contributed by atoms with Crippen LogP contribution in [0.1, 0.15) is 46.5 Å². The first-order chi connectivity index (χ1) is 7.59. The molecule has 1 atom stereocenters. The summed E-state index contributed by atoms with van der Waals surface area (Å²) in [5, 5.41) is 16.5. The van der Waals surface area contributed by atoms with Gasteiger partial charge < -0.3 is 15.7 Å². The summed E-state index contributed by atoms with van der Waals surface area (Å²) in [6.45, 7) is 7.68. The van der Waals surface area contributed by atoms with E-state index in [4.69, 9.17) is 0 Å². The van der Waals surface area contributed by atoms with Crippen molar-refractivity contribution in [1.82, 2.24) is 10.6 Å². The fourth-order valence-corrected chi connectivity index (χ4v) is 1.62. The predicted molar refractivity (Wildman–Crippen MR) is 67.7 cm³/mol. The fraction of sp³-hybridized carbons (Fsp3) is 0.917. The van der Waals surface area contributed by atoms with Crippen molar-refractivity contribution >= 4 is 5.96 Å². The van der Waals surface area contributed by atoms with E-state index >= 15 is 0 Å². The van der Waals surface area contributed by atoms with Crippen molar-refractivity contribution in [3.05, 3.63) is 0 Å². The van der Waals surface area contributed by atoms with Gasteiger partial charge in [-0.2, -0.15) is 0 Å². The maximum atomic E-state index is 9.96. The lowest BCUT2D eigenvalue weighted by molar-refractivity contribution is -0.0236. The Labute approximate surface area is 98.5 Å². The van der Waals surface area contributed by atoms with Crippen LogP contribution >= 0.6 is 0 Å². The van der Waals surface area contributed by atoms with Crippen molar-refractivity contribution in [3.63, 3.8) is 0 Å². The number of hydrogen-bond acceptors (Lipinski definition) is 2. The van der Waals surface area contributed by atoms with Gasteiger partial charge in [0, 0.05) is 12.6 Å². The van der Waals surface area contributed by atoms with Crippen molar-refractivity contribution < 1.29 is 5.11 Å². The molecule has 0 aromatic heterocycles. The molecule has 3 N–H and O–H groups in total. The Bertz CT molecular complexity index is 236. The van der Waals surface area contributed by atoms with Crippen LogP contribution < -0.4 is 10.6 Å². The zero-order valence-corrected chi connectivity index (χ0v) is 10.7. The molecule has 0 bridgehead atoms. The highest BCUT2D eigenvalue weighted by molar-refractivity contribution is 5.80. The van der Waals surface area contributed by atoms with Gasteiger partial charge in [-0.25, -0.2) is 0 Å². The van der Waals surface area contributed by atoms with Crippen LogP contribution in [-0.4, -0.2) is 35.8 Å². The smallest absolute Gasteiger partial charge is 0.191 e. The number of aliphatic hydroxyl groups is 1. The average molecular weight is 227 g/mol. The van der Waals surface area contributed by atoms with Gasteiger partial charge in [0.1, 0.15) is 0 Å². The molecule has 0 radical (unpaired) electrons. The normalized spacial score (nSPS) is 21.1. The first-order valence-electron chi connectivity index (χ1n) is 6.37. The highest BCUT2D eigenvalue weighted by Crippen LogP contribution is 2.31. The van der Waals surface area contributed by atoms with E-state index in [-0.39, 0.29) is 0 Å². The monoisotopic (exact) mass is 227 g/mol. The highest BCUT2D eigenvalue weighted by atomic mass is 16.3. The van der Waals surface area contributed by atoms with Gasteiger partial charge >= 0.3 is 0 Å². The van der Waals surface area contributed by atoms with Gasteiger partial charge in [-0.15, -0.1) is 0 Å². The first-order valence-corrected chi connectivity index (χ1v) is 6.37. The van der Waals surface area contributed by atoms with Gasteiger partial charge in [0.05, 0.1) is 12.1 Å². The molecule has 1 rings (SSSR count). The van der Waals surface area contributed by atoms with Crippen LogP contribution in [0.2, 0.25) is 0 Å². The van der Waals surface area contributed by atoms with E-state index in [1.54, 1.807) is 0 Å². The minimum Gasteiger partial charge on any atom is -0.388 e. The number of rotatable bonds is 5. The van der Waals surface area contributed by atoms with Crippen molar-refractivity contribution in [1.29, 1.82) is 0 Å². The van der Waals surface area contributed by atoms with Gasteiger partial charge in [0.25, 0.3) is 0 Å². The maximum Gasteiger partial charge on any atom is 0.191 e. The van der Waals surface area contributed by atoms with Crippen molar-refractivity contribution in [3.8, 4) is 0 Å². The Hall–Kier alpha value is -0.770. The molecule has 1 unspecified atom stereocenters.